The van der Waals surface area contributed by atoms with Gasteiger partial charge >= 0.3 is 41.5 Å². The second kappa shape index (κ2) is 18.7. The summed E-state index contributed by atoms with van der Waals surface area (Å²) in [6, 6.07) is 16.1. The Morgan fingerprint density at radius 2 is 0.875 bits per heavy atom. The molecular weight excluding hydrogens is 679 g/mol. The number of rotatable bonds is 1. The van der Waals surface area contributed by atoms with Crippen LogP contribution in [0.25, 0.3) is 0 Å². The van der Waals surface area contributed by atoms with Crippen molar-refractivity contribution in [3.63, 3.8) is 0 Å². The minimum absolute atomic E-state index is 0.618. The molecule has 0 radical (unpaired) electrons. The number of aryl methyl sites for hydroxylation is 1. The molecule has 0 atom stereocenters. The summed E-state index contributed by atoms with van der Waals surface area (Å²) in [5.74, 6) is 0. The molecule has 0 aromatic heterocycles. The molecule has 0 unspecified atom stereocenters. The van der Waals surface area contributed by atoms with E-state index in [2.05, 4.69) is 12.6 Å². The first-order chi connectivity index (χ1) is 14.8. The van der Waals surface area contributed by atoms with E-state index in [1.165, 1.54) is 0 Å². The van der Waals surface area contributed by atoms with Gasteiger partial charge in [0.1, 0.15) is 0 Å². The molecule has 0 heterocycles. The predicted molar refractivity (Wildman–Crippen MR) is 151 cm³/mol. The molecule has 0 N–H and O–H groups in total. The quantitative estimate of drug-likeness (QED) is 0.150. The molecule has 179 valence electrons. The second-order valence-electron chi connectivity index (χ2n) is 5.54. The fourth-order valence-corrected chi connectivity index (χ4v) is 4.61. The summed E-state index contributed by atoms with van der Waals surface area (Å²) in [5.41, 5.74) is 1.09. The van der Waals surface area contributed by atoms with Crippen molar-refractivity contribution in [3.8, 4) is 0 Å². The van der Waals surface area contributed by atoms with E-state index in [-0.39, 0.29) is 0 Å². The van der Waals surface area contributed by atoms with Crippen LogP contribution in [0.3, 0.4) is 0 Å². The Balaban J connectivity index is 0.000000417. The third-order valence-electron chi connectivity index (χ3n) is 2.93. The van der Waals surface area contributed by atoms with Crippen molar-refractivity contribution in [2.45, 2.75) is 16.7 Å². The normalized spacial score (nSPS) is 9.94. The standard InChI is InChI=1S/C7H6Cl2S.C7H6Cl2.C6H4Cl2S.3ClH.Fe/c1-10-7-3-5(8)2-6(9)4-7;1-5-2-6(8)4-7(9)3-5;7-4-1-5(8)3-6(9)2-4;;;;/h2-4H,1H3;2-4H,1H3;1-3,9H;3*1H;/q;;;;;;+3/p-3. The van der Waals surface area contributed by atoms with Crippen LogP contribution in [0.5, 0.6) is 0 Å². The van der Waals surface area contributed by atoms with Gasteiger partial charge in [-0.3, -0.25) is 0 Å². The Bertz CT molecular complexity index is 798. The topological polar surface area (TPSA) is 0 Å². The summed E-state index contributed by atoms with van der Waals surface area (Å²) in [7, 11) is 14.7. The van der Waals surface area contributed by atoms with E-state index in [0.717, 1.165) is 15.4 Å². The third kappa shape index (κ3) is 18.8. The molecule has 0 saturated heterocycles. The summed E-state index contributed by atoms with van der Waals surface area (Å²) in [6.45, 7) is 1.96. The number of benzene rings is 3. The molecule has 3 rings (SSSR count). The van der Waals surface area contributed by atoms with Crippen LogP contribution < -0.4 is 0 Å². The number of halogens is 9. The molecule has 3 aromatic carbocycles. The van der Waals surface area contributed by atoms with Gasteiger partial charge in [0.2, 0.25) is 0 Å². The van der Waals surface area contributed by atoms with Crippen molar-refractivity contribution in [2.24, 2.45) is 0 Å². The summed E-state index contributed by atoms with van der Waals surface area (Å²) in [6.07, 6.45) is 1.99. The zero-order valence-corrected chi connectivity index (χ0v) is 25.9. The van der Waals surface area contributed by atoms with Gasteiger partial charge in [0, 0.05) is 39.9 Å². The summed E-state index contributed by atoms with van der Waals surface area (Å²) in [5, 5.41) is 4.01. The average Bonchev–Trinajstić information content (AvgIpc) is 2.59. The fraction of sp³-hybridized carbons (Fsp3) is 0.100. The van der Waals surface area contributed by atoms with Crippen LogP contribution >= 0.6 is 124 Å². The molecule has 32 heavy (non-hydrogen) atoms. The van der Waals surface area contributed by atoms with Gasteiger partial charge in [0.15, 0.2) is 0 Å². The molecule has 0 saturated carbocycles. The zero-order valence-electron chi connectivity index (χ0n) is 16.3. The molecule has 0 spiro atoms. The number of thiol groups is 1. The molecule has 0 aliphatic rings. The number of hydrogen-bond donors (Lipinski definition) is 1. The summed E-state index contributed by atoms with van der Waals surface area (Å²) < 4.78 is 0. The van der Waals surface area contributed by atoms with Gasteiger partial charge in [0.25, 0.3) is 0 Å². The molecule has 0 bridgehead atoms. The molecule has 3 aromatic rings. The molecular formula is C20H16Cl9FeS2. The van der Waals surface area contributed by atoms with Crippen LogP contribution in [-0.4, -0.2) is 6.26 Å². The molecule has 0 fully saturated rings. The monoisotopic (exact) mass is 691 g/mol. The van der Waals surface area contributed by atoms with E-state index in [1.807, 2.05) is 37.4 Å². The van der Waals surface area contributed by atoms with E-state index in [0.29, 0.717) is 30.1 Å². The average molecular weight is 695 g/mol. The van der Waals surface area contributed by atoms with Crippen molar-refractivity contribution in [1.29, 1.82) is 0 Å². The number of thioether (sulfide) groups is 1. The molecule has 0 aliphatic carbocycles. The predicted octanol–water partition coefficient (Wildman–Crippen LogP) is 12.4. The summed E-state index contributed by atoms with van der Waals surface area (Å²) >= 11 is 38.4. The van der Waals surface area contributed by atoms with Crippen LogP contribution in [0, 0.1) is 6.92 Å². The van der Waals surface area contributed by atoms with Crippen molar-refractivity contribution in [2.75, 3.05) is 6.26 Å². The van der Waals surface area contributed by atoms with Gasteiger partial charge in [-0.05, 0) is 73.3 Å². The van der Waals surface area contributed by atoms with Gasteiger partial charge in [-0.2, -0.15) is 0 Å². The first-order valence-corrected chi connectivity index (χ1v) is 16.6. The Kier molecular flexibility index (Phi) is 19.6. The maximum atomic E-state index is 5.73. The Labute approximate surface area is 246 Å². The fourth-order valence-electron chi connectivity index (χ4n) is 1.88. The molecule has 12 heteroatoms. The maximum absolute atomic E-state index is 5.73. The van der Waals surface area contributed by atoms with Gasteiger partial charge < -0.3 is 0 Å². The Morgan fingerprint density at radius 3 is 1.12 bits per heavy atom. The van der Waals surface area contributed by atoms with Crippen LogP contribution in [-0.2, 0) is 11.2 Å². The second-order valence-corrected chi connectivity index (χ2v) is 15.0. The molecule has 0 nitrogen and oxygen atoms in total. The van der Waals surface area contributed by atoms with E-state index >= 15 is 0 Å². The van der Waals surface area contributed by atoms with Crippen LogP contribution in [0.4, 0.5) is 0 Å². The Hall–Kier alpha value is 1.49. The van der Waals surface area contributed by atoms with Crippen molar-refractivity contribution in [3.05, 3.63) is 90.3 Å². The van der Waals surface area contributed by atoms with E-state index in [9.17, 15) is 0 Å². The van der Waals surface area contributed by atoms with Crippen molar-refractivity contribution in [1.82, 2.24) is 0 Å². The first-order valence-electron chi connectivity index (χ1n) is 8.07. The summed E-state index contributed by atoms with van der Waals surface area (Å²) in [4.78, 5) is 1.88. The first kappa shape index (κ1) is 33.5. The van der Waals surface area contributed by atoms with Gasteiger partial charge in [-0.25, -0.2) is 0 Å². The minimum atomic E-state index is -1.33. The van der Waals surface area contributed by atoms with E-state index in [1.54, 1.807) is 42.1 Å². The SMILES string of the molecule is CSc1cc(Cl)cc(Cl)c1.Cc1cc(Cl)cc(Cl)c1.Sc1cc(Cl)cc(Cl)c1.[Cl][Fe]([Cl])[Cl]. The van der Waals surface area contributed by atoms with Crippen molar-refractivity contribution < 1.29 is 11.2 Å². The number of hydrogen-bond acceptors (Lipinski definition) is 2. The zero-order chi connectivity index (χ0) is 24.8. The van der Waals surface area contributed by atoms with Gasteiger partial charge in [-0.1, -0.05) is 69.6 Å². The van der Waals surface area contributed by atoms with Gasteiger partial charge in [0.05, 0.1) is 0 Å². The van der Waals surface area contributed by atoms with E-state index in [4.69, 9.17) is 99.9 Å². The third-order valence-corrected chi connectivity index (χ3v) is 5.20. The molecule has 0 amide bonds. The van der Waals surface area contributed by atoms with Crippen LogP contribution in [0.1, 0.15) is 5.56 Å². The van der Waals surface area contributed by atoms with Crippen LogP contribution in [0.15, 0.2) is 64.4 Å². The molecule has 0 aliphatic heterocycles. The van der Waals surface area contributed by atoms with Crippen LogP contribution in [0.2, 0.25) is 30.1 Å². The van der Waals surface area contributed by atoms with Gasteiger partial charge in [-0.15, -0.1) is 24.4 Å². The Morgan fingerprint density at radius 1 is 0.594 bits per heavy atom. The van der Waals surface area contributed by atoms with Crippen molar-refractivity contribution >= 4 is 124 Å². The van der Waals surface area contributed by atoms with E-state index < -0.39 is 11.2 Å².